The van der Waals surface area contributed by atoms with Crippen LogP contribution in [0.25, 0.3) is 5.76 Å². The molecule has 0 unspecified atom stereocenters. The summed E-state index contributed by atoms with van der Waals surface area (Å²) < 4.78 is 13.1. The van der Waals surface area contributed by atoms with Crippen LogP contribution in [0.5, 0.6) is 0 Å². The standard InChI is InChI=1S/C18H18ClFN4O2/c19-13-8-16(21-9-13)17-11-24(22-26-17)15-2-1-7-23(10-15)18(25)12-3-5-14(20)6-4-12/h3-6,8-9,11,15,21-22H,1-2,7,10H2/t15-/m0/s1. The van der Waals surface area contributed by atoms with E-state index < -0.39 is 0 Å². The third-order valence-corrected chi connectivity index (χ3v) is 4.82. The van der Waals surface area contributed by atoms with Gasteiger partial charge in [-0.1, -0.05) is 17.2 Å². The Hall–Kier alpha value is -2.51. The number of hydrogen-bond donors (Lipinski definition) is 2. The molecule has 1 saturated heterocycles. The van der Waals surface area contributed by atoms with E-state index in [4.69, 9.17) is 16.4 Å². The van der Waals surface area contributed by atoms with E-state index in [1.54, 1.807) is 17.2 Å². The minimum absolute atomic E-state index is 0.0797. The van der Waals surface area contributed by atoms with Crippen LogP contribution in [0.1, 0.15) is 28.9 Å². The molecule has 2 N–H and O–H groups in total. The zero-order chi connectivity index (χ0) is 18.1. The molecule has 136 valence electrons. The van der Waals surface area contributed by atoms with Gasteiger partial charge in [0.25, 0.3) is 5.91 Å². The Morgan fingerprint density at radius 1 is 1.31 bits per heavy atom. The van der Waals surface area contributed by atoms with Crippen LogP contribution in [0, 0.1) is 5.82 Å². The highest BCUT2D eigenvalue weighted by Crippen LogP contribution is 2.25. The van der Waals surface area contributed by atoms with Gasteiger partial charge in [0.1, 0.15) is 5.82 Å². The fourth-order valence-electron chi connectivity index (χ4n) is 3.24. The number of nitrogens with zero attached hydrogens (tertiary/aromatic N) is 2. The number of aromatic amines is 1. The van der Waals surface area contributed by atoms with Gasteiger partial charge in [-0.05, 0) is 43.2 Å². The Labute approximate surface area is 155 Å². The van der Waals surface area contributed by atoms with Gasteiger partial charge in [-0.2, -0.15) is 0 Å². The predicted molar refractivity (Wildman–Crippen MR) is 95.2 cm³/mol. The molecular formula is C18H18ClFN4O2. The highest BCUT2D eigenvalue weighted by atomic mass is 35.5. The summed E-state index contributed by atoms with van der Waals surface area (Å²) in [7, 11) is 0. The van der Waals surface area contributed by atoms with Crippen molar-refractivity contribution in [1.82, 2.24) is 20.5 Å². The molecule has 1 amide bonds. The number of nitrogens with one attached hydrogen (secondary N) is 2. The molecule has 3 heterocycles. The fourth-order valence-corrected chi connectivity index (χ4v) is 3.40. The van der Waals surface area contributed by atoms with Crippen molar-refractivity contribution in [3.8, 4) is 0 Å². The molecule has 0 radical (unpaired) electrons. The van der Waals surface area contributed by atoms with Gasteiger partial charge < -0.3 is 14.7 Å². The largest absolute Gasteiger partial charge is 0.385 e. The molecule has 0 bridgehead atoms. The van der Waals surface area contributed by atoms with E-state index in [-0.39, 0.29) is 17.8 Å². The lowest BCUT2D eigenvalue weighted by Gasteiger charge is -2.36. The first-order valence-electron chi connectivity index (χ1n) is 8.42. The zero-order valence-corrected chi connectivity index (χ0v) is 14.7. The van der Waals surface area contributed by atoms with Crippen LogP contribution >= 0.6 is 11.6 Å². The van der Waals surface area contributed by atoms with Crippen LogP contribution in [-0.4, -0.2) is 39.9 Å². The molecule has 1 fully saturated rings. The van der Waals surface area contributed by atoms with Crippen LogP contribution < -0.4 is 5.59 Å². The monoisotopic (exact) mass is 376 g/mol. The van der Waals surface area contributed by atoms with E-state index >= 15 is 0 Å². The minimum Gasteiger partial charge on any atom is -0.385 e. The van der Waals surface area contributed by atoms with Gasteiger partial charge in [0.2, 0.25) is 0 Å². The second-order valence-corrected chi connectivity index (χ2v) is 6.82. The average molecular weight is 377 g/mol. The number of hydrazine groups is 1. The summed E-state index contributed by atoms with van der Waals surface area (Å²) in [6, 6.07) is 7.51. The van der Waals surface area contributed by atoms with E-state index in [9.17, 15) is 9.18 Å². The predicted octanol–water partition coefficient (Wildman–Crippen LogP) is 3.16. The quantitative estimate of drug-likeness (QED) is 0.863. The van der Waals surface area contributed by atoms with Gasteiger partial charge in [-0.25, -0.2) is 4.39 Å². The Morgan fingerprint density at radius 2 is 2.12 bits per heavy atom. The number of likely N-dealkylation sites (tertiary alicyclic amines) is 1. The Bertz CT molecular complexity index is 836. The summed E-state index contributed by atoms with van der Waals surface area (Å²) >= 11 is 5.93. The second kappa shape index (κ2) is 7.01. The number of amides is 1. The summed E-state index contributed by atoms with van der Waals surface area (Å²) in [6.45, 7) is 1.24. The third kappa shape index (κ3) is 3.40. The molecule has 0 aliphatic carbocycles. The number of piperidine rings is 1. The number of benzene rings is 1. The lowest BCUT2D eigenvalue weighted by atomic mass is 10.0. The summed E-state index contributed by atoms with van der Waals surface area (Å²) in [5, 5.41) is 2.48. The van der Waals surface area contributed by atoms with Crippen molar-refractivity contribution in [2.45, 2.75) is 18.9 Å². The minimum atomic E-state index is -0.349. The van der Waals surface area contributed by atoms with E-state index in [0.717, 1.165) is 18.5 Å². The number of halogens is 2. The van der Waals surface area contributed by atoms with Crippen LogP contribution in [0.4, 0.5) is 4.39 Å². The highest BCUT2D eigenvalue weighted by Gasteiger charge is 2.30. The Kier molecular flexibility index (Phi) is 4.57. The smallest absolute Gasteiger partial charge is 0.253 e. The molecule has 6 nitrogen and oxygen atoms in total. The molecule has 26 heavy (non-hydrogen) atoms. The number of H-pyrrole nitrogens is 1. The van der Waals surface area contributed by atoms with Gasteiger partial charge >= 0.3 is 0 Å². The molecule has 1 aromatic heterocycles. The van der Waals surface area contributed by atoms with Gasteiger partial charge in [0.05, 0.1) is 23.0 Å². The maximum atomic E-state index is 13.1. The van der Waals surface area contributed by atoms with Crippen molar-refractivity contribution in [3.05, 3.63) is 64.8 Å². The first-order chi connectivity index (χ1) is 12.6. The number of carbonyl (C=O) groups is 1. The number of rotatable bonds is 3. The van der Waals surface area contributed by atoms with Crippen molar-refractivity contribution in [1.29, 1.82) is 0 Å². The Morgan fingerprint density at radius 3 is 2.85 bits per heavy atom. The lowest BCUT2D eigenvalue weighted by molar-refractivity contribution is -0.00252. The summed E-state index contributed by atoms with van der Waals surface area (Å²) in [4.78, 5) is 23.0. The second-order valence-electron chi connectivity index (χ2n) is 6.38. The molecule has 4 rings (SSSR count). The Balaban J connectivity index is 1.44. The van der Waals surface area contributed by atoms with Gasteiger partial charge in [0, 0.05) is 24.8 Å². The van der Waals surface area contributed by atoms with Crippen molar-refractivity contribution < 1.29 is 14.0 Å². The highest BCUT2D eigenvalue weighted by molar-refractivity contribution is 6.30. The lowest BCUT2D eigenvalue weighted by Crippen LogP contribution is -2.50. The summed E-state index contributed by atoms with van der Waals surface area (Å²) in [5.41, 5.74) is 4.15. The fraction of sp³-hybridized carbons (Fsp3) is 0.278. The third-order valence-electron chi connectivity index (χ3n) is 4.60. The average Bonchev–Trinajstić information content (AvgIpc) is 3.31. The molecule has 0 spiro atoms. The molecule has 1 atom stereocenters. The maximum Gasteiger partial charge on any atom is 0.253 e. The van der Waals surface area contributed by atoms with Crippen molar-refractivity contribution in [3.63, 3.8) is 0 Å². The van der Waals surface area contributed by atoms with E-state index in [1.807, 2.05) is 11.2 Å². The zero-order valence-electron chi connectivity index (χ0n) is 13.9. The molecule has 1 aromatic carbocycles. The maximum absolute atomic E-state index is 13.1. The van der Waals surface area contributed by atoms with Gasteiger partial charge in [0.15, 0.2) is 5.76 Å². The molecule has 8 heteroatoms. The number of hydrogen-bond acceptors (Lipinski definition) is 4. The first-order valence-corrected chi connectivity index (χ1v) is 8.80. The normalized spacial score (nSPS) is 20.1. The summed E-state index contributed by atoms with van der Waals surface area (Å²) in [6.07, 6.45) is 5.36. The molecule has 2 aliphatic rings. The number of carbonyl (C=O) groups excluding carboxylic acids is 1. The molecular weight excluding hydrogens is 359 g/mol. The van der Waals surface area contributed by atoms with E-state index in [2.05, 4.69) is 10.6 Å². The van der Waals surface area contributed by atoms with E-state index in [0.29, 0.717) is 29.4 Å². The van der Waals surface area contributed by atoms with Crippen LogP contribution in [0.15, 0.2) is 42.7 Å². The van der Waals surface area contributed by atoms with Crippen molar-refractivity contribution in [2.24, 2.45) is 0 Å². The van der Waals surface area contributed by atoms with Gasteiger partial charge in [-0.15, -0.1) is 0 Å². The van der Waals surface area contributed by atoms with Crippen LogP contribution in [-0.2, 0) is 4.84 Å². The molecule has 0 saturated carbocycles. The molecule has 2 aliphatic heterocycles. The topological polar surface area (TPSA) is 60.6 Å². The van der Waals surface area contributed by atoms with Crippen LogP contribution in [0.3, 0.4) is 0 Å². The number of aromatic nitrogens is 1. The SMILES string of the molecule is O=C(c1ccc(F)cc1)N1CCC[C@H](N2C=C(c3cc(Cl)c[nH]3)ON2)C1. The van der Waals surface area contributed by atoms with Crippen LogP contribution in [0.2, 0.25) is 5.02 Å². The van der Waals surface area contributed by atoms with Gasteiger partial charge in [-0.3, -0.25) is 9.80 Å². The van der Waals surface area contributed by atoms with E-state index in [1.165, 1.54) is 24.3 Å². The van der Waals surface area contributed by atoms with Crippen molar-refractivity contribution >= 4 is 23.3 Å². The summed E-state index contributed by atoms with van der Waals surface area (Å²) in [5.74, 6) is 0.202. The molecule has 2 aromatic rings. The van der Waals surface area contributed by atoms with Crippen molar-refractivity contribution in [2.75, 3.05) is 13.1 Å². The first kappa shape index (κ1) is 16.9.